The van der Waals surface area contributed by atoms with Crippen molar-refractivity contribution < 1.29 is 27.4 Å². The fourth-order valence-electron chi connectivity index (χ4n) is 2.90. The Morgan fingerprint density at radius 1 is 1.40 bits per heavy atom. The van der Waals surface area contributed by atoms with E-state index in [9.17, 15) is 22.7 Å². The van der Waals surface area contributed by atoms with Crippen molar-refractivity contribution in [1.82, 2.24) is 0 Å². The van der Waals surface area contributed by atoms with Crippen molar-refractivity contribution in [3.8, 4) is 0 Å². The van der Waals surface area contributed by atoms with Crippen LogP contribution >= 0.6 is 0 Å². The largest absolute Gasteiger partial charge is 0.481 e. The van der Waals surface area contributed by atoms with E-state index >= 15 is 0 Å². The maximum Gasteiger partial charge on any atom is 0.314 e. The molecule has 0 amide bonds. The van der Waals surface area contributed by atoms with Crippen molar-refractivity contribution in [2.75, 3.05) is 20.0 Å². The van der Waals surface area contributed by atoms with Crippen LogP contribution in [0.3, 0.4) is 0 Å². The smallest absolute Gasteiger partial charge is 0.314 e. The molecule has 1 fully saturated rings. The number of hydrogen-bond donors (Lipinski definition) is 1. The van der Waals surface area contributed by atoms with Gasteiger partial charge in [-0.15, -0.1) is 0 Å². The molecule has 5 nitrogen and oxygen atoms in total. The fraction of sp³-hybridized carbons (Fsp3) is 0.462. The Morgan fingerprint density at radius 3 is 2.35 bits per heavy atom. The van der Waals surface area contributed by atoms with E-state index in [1.54, 1.807) is 0 Å². The number of carboxylic acids is 1. The van der Waals surface area contributed by atoms with Crippen molar-refractivity contribution in [1.29, 1.82) is 0 Å². The summed E-state index contributed by atoms with van der Waals surface area (Å²) in [5, 5.41) is 8.38. The van der Waals surface area contributed by atoms with Crippen LogP contribution in [-0.2, 0) is 19.4 Å². The van der Waals surface area contributed by atoms with Gasteiger partial charge in [0, 0.05) is 19.3 Å². The summed E-state index contributed by atoms with van der Waals surface area (Å²) in [6, 6.07) is 5.20. The van der Waals surface area contributed by atoms with E-state index in [2.05, 4.69) is 0 Å². The van der Waals surface area contributed by atoms with Crippen LogP contribution in [0.5, 0.6) is 0 Å². The number of aliphatic carboxylic acids is 1. The molecular formula is C13H15FO5S. The first-order chi connectivity index (χ1) is 9.25. The Bertz CT molecular complexity index is 625. The molecule has 0 aliphatic heterocycles. The van der Waals surface area contributed by atoms with E-state index in [1.165, 1.54) is 31.4 Å². The predicted molar refractivity (Wildman–Crippen MR) is 69.7 cm³/mol. The topological polar surface area (TPSA) is 80.7 Å². The lowest BCUT2D eigenvalue weighted by Crippen LogP contribution is -2.28. The maximum atomic E-state index is 12.9. The molecule has 0 radical (unpaired) electrons. The highest BCUT2D eigenvalue weighted by Crippen LogP contribution is 2.63. The van der Waals surface area contributed by atoms with Crippen LogP contribution in [0, 0.1) is 11.2 Å². The number of sulfone groups is 1. The summed E-state index contributed by atoms with van der Waals surface area (Å²) < 4.78 is 41.5. The molecule has 1 aliphatic carbocycles. The normalized spacial score (nSPS) is 29.1. The Labute approximate surface area is 116 Å². The molecule has 20 heavy (non-hydrogen) atoms. The maximum absolute atomic E-state index is 12.9. The molecule has 2 rings (SSSR count). The van der Waals surface area contributed by atoms with Gasteiger partial charge in [0.15, 0.2) is 9.84 Å². The quantitative estimate of drug-likeness (QED) is 0.879. The average Bonchev–Trinajstić information content (AvgIpc) is 3.01. The van der Waals surface area contributed by atoms with Gasteiger partial charge in [0.25, 0.3) is 0 Å². The molecule has 0 unspecified atom stereocenters. The van der Waals surface area contributed by atoms with Gasteiger partial charge in [0.05, 0.1) is 11.9 Å². The number of carboxylic acid groups (broad SMARTS) is 1. The first kappa shape index (κ1) is 14.9. The fourth-order valence-corrected chi connectivity index (χ4v) is 4.80. The molecule has 1 aliphatic rings. The molecule has 110 valence electrons. The highest BCUT2D eigenvalue weighted by molar-refractivity contribution is 7.91. The Morgan fingerprint density at radius 2 is 1.95 bits per heavy atom. The van der Waals surface area contributed by atoms with Gasteiger partial charge in [-0.1, -0.05) is 12.1 Å². The lowest BCUT2D eigenvalue weighted by molar-refractivity contribution is -0.145. The number of halogens is 1. The summed E-state index contributed by atoms with van der Waals surface area (Å²) in [7, 11) is -2.24. The number of hydrogen-bond acceptors (Lipinski definition) is 4. The van der Waals surface area contributed by atoms with Crippen molar-refractivity contribution in [3.05, 3.63) is 35.6 Å². The summed E-state index contributed by atoms with van der Waals surface area (Å²) >= 11 is 0. The van der Waals surface area contributed by atoms with Crippen LogP contribution in [0.2, 0.25) is 0 Å². The van der Waals surface area contributed by atoms with Crippen LogP contribution < -0.4 is 0 Å². The third-order valence-electron chi connectivity index (χ3n) is 3.73. The summed E-state index contributed by atoms with van der Waals surface area (Å²) in [4.78, 5) is 11.6. The summed E-state index contributed by atoms with van der Waals surface area (Å²) in [5.41, 5.74) is -1.01. The van der Waals surface area contributed by atoms with Gasteiger partial charge < -0.3 is 9.84 Å². The number of ether oxygens (including phenoxy) is 1. The third-order valence-corrected chi connectivity index (χ3v) is 5.34. The molecule has 0 heterocycles. The SMILES string of the molecule is COC[C@]1(C(=O)O)[C@@H](c2ccc(F)cc2)[C@@H]1S(C)(=O)=O. The van der Waals surface area contributed by atoms with Gasteiger partial charge in [0.2, 0.25) is 0 Å². The molecule has 1 aromatic carbocycles. The van der Waals surface area contributed by atoms with Crippen molar-refractivity contribution in [3.63, 3.8) is 0 Å². The Kier molecular flexibility index (Phi) is 3.60. The molecule has 1 aromatic rings. The van der Waals surface area contributed by atoms with Crippen molar-refractivity contribution in [2.24, 2.45) is 5.41 Å². The minimum Gasteiger partial charge on any atom is -0.481 e. The molecule has 1 saturated carbocycles. The van der Waals surface area contributed by atoms with Crippen LogP contribution in [0.1, 0.15) is 11.5 Å². The highest BCUT2D eigenvalue weighted by Gasteiger charge is 2.74. The lowest BCUT2D eigenvalue weighted by atomic mass is 10.00. The standard InChI is InChI=1S/C13H15FO5S/c1-19-7-13(12(15)16)10(11(13)20(2,17)18)8-3-5-9(14)6-4-8/h3-6,10-11H,7H2,1-2H3,(H,15,16)/t10-,11-,13-/m0/s1. The molecular weight excluding hydrogens is 287 g/mol. The highest BCUT2D eigenvalue weighted by atomic mass is 32.2. The van der Waals surface area contributed by atoms with Crippen molar-refractivity contribution in [2.45, 2.75) is 11.2 Å². The van der Waals surface area contributed by atoms with E-state index in [0.717, 1.165) is 6.26 Å². The minimum atomic E-state index is -3.57. The van der Waals surface area contributed by atoms with Gasteiger partial charge in [0.1, 0.15) is 11.2 Å². The van der Waals surface area contributed by atoms with E-state index in [-0.39, 0.29) is 6.61 Å². The molecule has 0 spiro atoms. The van der Waals surface area contributed by atoms with Gasteiger partial charge >= 0.3 is 5.97 Å². The second-order valence-corrected chi connectivity index (χ2v) is 7.22. The first-order valence-electron chi connectivity index (χ1n) is 5.92. The van der Waals surface area contributed by atoms with E-state index in [4.69, 9.17) is 4.74 Å². The molecule has 0 aromatic heterocycles. The average molecular weight is 302 g/mol. The van der Waals surface area contributed by atoms with Gasteiger partial charge in [-0.25, -0.2) is 12.8 Å². The Hall–Kier alpha value is -1.47. The predicted octanol–water partition coefficient (Wildman–Crippen LogP) is 1.05. The molecule has 1 N–H and O–H groups in total. The van der Waals surface area contributed by atoms with Crippen molar-refractivity contribution >= 4 is 15.8 Å². The van der Waals surface area contributed by atoms with Crippen LogP contribution in [-0.4, -0.2) is 44.7 Å². The van der Waals surface area contributed by atoms with Gasteiger partial charge in [-0.2, -0.15) is 0 Å². The van der Waals surface area contributed by atoms with E-state index in [0.29, 0.717) is 5.56 Å². The summed E-state index contributed by atoms with van der Waals surface area (Å²) in [5.74, 6) is -2.40. The monoisotopic (exact) mass is 302 g/mol. The van der Waals surface area contributed by atoms with E-state index in [1.807, 2.05) is 0 Å². The Balaban J connectivity index is 2.49. The zero-order valence-corrected chi connectivity index (χ0v) is 11.9. The second kappa shape index (κ2) is 4.82. The minimum absolute atomic E-state index is 0.206. The zero-order valence-electron chi connectivity index (χ0n) is 11.0. The molecule has 0 bridgehead atoms. The third kappa shape index (κ3) is 2.20. The van der Waals surface area contributed by atoms with E-state index < -0.39 is 38.2 Å². The first-order valence-corrected chi connectivity index (χ1v) is 7.87. The lowest BCUT2D eigenvalue weighted by Gasteiger charge is -2.11. The van der Waals surface area contributed by atoms with Gasteiger partial charge in [-0.05, 0) is 17.7 Å². The second-order valence-electron chi connectivity index (χ2n) is 5.06. The van der Waals surface area contributed by atoms with Gasteiger partial charge in [-0.3, -0.25) is 4.79 Å². The number of rotatable bonds is 5. The number of methoxy groups -OCH3 is 1. The molecule has 7 heteroatoms. The summed E-state index contributed by atoms with van der Waals surface area (Å²) in [6.45, 7) is -0.206. The summed E-state index contributed by atoms with van der Waals surface area (Å²) in [6.07, 6.45) is 1.01. The molecule has 0 saturated heterocycles. The number of carbonyl (C=O) groups is 1. The van der Waals surface area contributed by atoms with Crippen LogP contribution in [0.25, 0.3) is 0 Å². The molecule has 3 atom stereocenters. The van der Waals surface area contributed by atoms with Crippen LogP contribution in [0.15, 0.2) is 24.3 Å². The van der Waals surface area contributed by atoms with Crippen LogP contribution in [0.4, 0.5) is 4.39 Å². The zero-order chi connectivity index (χ0) is 15.1. The number of benzene rings is 1.